The first-order chi connectivity index (χ1) is 7.83. The van der Waals surface area contributed by atoms with Crippen LogP contribution in [-0.4, -0.2) is 15.0 Å². The zero-order chi connectivity index (χ0) is 13.1. The van der Waals surface area contributed by atoms with Gasteiger partial charge in [-0.15, -0.1) is 0 Å². The van der Waals surface area contributed by atoms with Crippen LogP contribution in [0.4, 0.5) is 0 Å². The second kappa shape index (κ2) is 5.82. The van der Waals surface area contributed by atoms with Crippen molar-refractivity contribution in [1.29, 1.82) is 0 Å². The number of rotatable bonds is 5. The molecular weight excluding hydrogens is 262 g/mol. The molecule has 0 radical (unpaired) electrons. The van der Waals surface area contributed by atoms with Crippen LogP contribution in [0, 0.1) is 12.8 Å². The first kappa shape index (κ1) is 14.4. The van der Waals surface area contributed by atoms with Gasteiger partial charge >= 0.3 is 0 Å². The second-order valence-corrected chi connectivity index (χ2v) is 6.25. The van der Waals surface area contributed by atoms with E-state index in [1.54, 1.807) is 12.1 Å². The molecule has 0 fully saturated rings. The Labute approximate surface area is 107 Å². The third-order valence-corrected chi connectivity index (χ3v) is 3.66. The van der Waals surface area contributed by atoms with E-state index >= 15 is 0 Å². The summed E-state index contributed by atoms with van der Waals surface area (Å²) in [5.41, 5.74) is 0.900. The topological polar surface area (TPSA) is 55.4 Å². The summed E-state index contributed by atoms with van der Waals surface area (Å²) in [6.07, 6.45) is 0. The summed E-state index contributed by atoms with van der Waals surface area (Å²) in [5.74, 6) is 0.242. The molecule has 0 aromatic heterocycles. The van der Waals surface area contributed by atoms with E-state index in [2.05, 4.69) is 4.89 Å². The molecule has 6 heteroatoms. The van der Waals surface area contributed by atoms with Crippen molar-refractivity contribution in [3.63, 3.8) is 0 Å². The Morgan fingerprint density at radius 1 is 1.41 bits per heavy atom. The highest BCUT2D eigenvalue weighted by Crippen LogP contribution is 2.22. The van der Waals surface area contributed by atoms with Crippen LogP contribution in [0.25, 0.3) is 0 Å². The Kier molecular flexibility index (Phi) is 4.94. The fourth-order valence-electron chi connectivity index (χ4n) is 1.15. The van der Waals surface area contributed by atoms with Crippen molar-refractivity contribution in [2.24, 2.45) is 5.92 Å². The molecule has 0 unspecified atom stereocenters. The molecule has 4 nitrogen and oxygen atoms in total. The first-order valence-corrected chi connectivity index (χ1v) is 7.09. The Morgan fingerprint density at radius 3 is 2.59 bits per heavy atom. The minimum absolute atomic E-state index is 0.0218. The molecule has 0 saturated heterocycles. The zero-order valence-electron chi connectivity index (χ0n) is 10.0. The summed E-state index contributed by atoms with van der Waals surface area (Å²) in [7, 11) is -3.71. The van der Waals surface area contributed by atoms with Crippen LogP contribution in [0.3, 0.4) is 0 Å². The van der Waals surface area contributed by atoms with Gasteiger partial charge in [0.25, 0.3) is 10.0 Å². The van der Waals surface area contributed by atoms with E-state index in [1.165, 1.54) is 6.07 Å². The number of nitrogens with one attached hydrogen (secondary N) is 1. The number of sulfonamides is 1. The molecule has 1 N–H and O–H groups in total. The van der Waals surface area contributed by atoms with Gasteiger partial charge in [0.15, 0.2) is 0 Å². The van der Waals surface area contributed by atoms with E-state index in [0.29, 0.717) is 6.61 Å². The third-order valence-electron chi connectivity index (χ3n) is 1.96. The maximum atomic E-state index is 11.8. The summed E-state index contributed by atoms with van der Waals surface area (Å²) in [6, 6.07) is 4.74. The lowest BCUT2D eigenvalue weighted by Crippen LogP contribution is -2.26. The lowest BCUT2D eigenvalue weighted by atomic mass is 10.2. The number of halogens is 1. The van der Waals surface area contributed by atoms with Crippen LogP contribution in [-0.2, 0) is 14.9 Å². The van der Waals surface area contributed by atoms with Crippen LogP contribution < -0.4 is 4.89 Å². The average molecular weight is 278 g/mol. The van der Waals surface area contributed by atoms with E-state index in [4.69, 9.17) is 16.4 Å². The van der Waals surface area contributed by atoms with Crippen molar-refractivity contribution < 1.29 is 13.3 Å². The molecular formula is C11H16ClNO3S. The molecule has 0 spiro atoms. The van der Waals surface area contributed by atoms with Crippen LogP contribution >= 0.6 is 11.6 Å². The minimum Gasteiger partial charge on any atom is -0.287 e. The molecule has 0 aliphatic carbocycles. The van der Waals surface area contributed by atoms with Gasteiger partial charge in [-0.2, -0.15) is 0 Å². The largest absolute Gasteiger partial charge is 0.287 e. The summed E-state index contributed by atoms with van der Waals surface area (Å²) < 4.78 is 23.7. The molecule has 96 valence electrons. The van der Waals surface area contributed by atoms with Gasteiger partial charge < -0.3 is 0 Å². The van der Waals surface area contributed by atoms with Crippen molar-refractivity contribution in [2.45, 2.75) is 25.7 Å². The summed E-state index contributed by atoms with van der Waals surface area (Å²) >= 11 is 5.88. The lowest BCUT2D eigenvalue weighted by molar-refractivity contribution is 0.0719. The Hall–Kier alpha value is -0.620. The van der Waals surface area contributed by atoms with Gasteiger partial charge in [0.1, 0.15) is 4.90 Å². The quantitative estimate of drug-likeness (QED) is 0.842. The van der Waals surface area contributed by atoms with E-state index < -0.39 is 10.0 Å². The van der Waals surface area contributed by atoms with E-state index in [9.17, 15) is 8.42 Å². The third kappa shape index (κ3) is 4.27. The molecule has 0 bridgehead atoms. The van der Waals surface area contributed by atoms with Crippen LogP contribution in [0.15, 0.2) is 23.1 Å². The molecule has 0 aliphatic rings. The predicted molar refractivity (Wildman–Crippen MR) is 67.3 cm³/mol. The fraction of sp³-hybridized carbons (Fsp3) is 0.455. The van der Waals surface area contributed by atoms with Crippen molar-refractivity contribution in [3.8, 4) is 0 Å². The lowest BCUT2D eigenvalue weighted by Gasteiger charge is -2.10. The van der Waals surface area contributed by atoms with E-state index in [-0.39, 0.29) is 15.8 Å². The SMILES string of the molecule is Cc1ccc(S(=O)(=O)NOCC(C)C)c(Cl)c1. The van der Waals surface area contributed by atoms with Gasteiger partial charge in [-0.25, -0.2) is 8.42 Å². The van der Waals surface area contributed by atoms with Crippen molar-refractivity contribution in [2.75, 3.05) is 6.61 Å². The highest BCUT2D eigenvalue weighted by atomic mass is 35.5. The monoisotopic (exact) mass is 277 g/mol. The van der Waals surface area contributed by atoms with Gasteiger partial charge in [0.05, 0.1) is 11.6 Å². The maximum absolute atomic E-state index is 11.8. The predicted octanol–water partition coefficient (Wildman–Crippen LogP) is 2.51. The molecule has 17 heavy (non-hydrogen) atoms. The van der Waals surface area contributed by atoms with Gasteiger partial charge in [-0.1, -0.05) is 36.4 Å². The average Bonchev–Trinajstić information content (AvgIpc) is 2.15. The fourth-order valence-corrected chi connectivity index (χ4v) is 2.56. The molecule has 0 aliphatic heterocycles. The molecule has 0 saturated carbocycles. The molecule has 0 amide bonds. The molecule has 1 aromatic rings. The number of benzene rings is 1. The Morgan fingerprint density at radius 2 is 2.06 bits per heavy atom. The van der Waals surface area contributed by atoms with Crippen molar-refractivity contribution in [1.82, 2.24) is 4.89 Å². The van der Waals surface area contributed by atoms with Crippen molar-refractivity contribution >= 4 is 21.6 Å². The smallest absolute Gasteiger partial charge is 0.263 e. The van der Waals surface area contributed by atoms with Gasteiger partial charge in [0, 0.05) is 0 Å². The summed E-state index contributed by atoms with van der Waals surface area (Å²) in [4.78, 5) is 6.98. The second-order valence-electron chi connectivity index (χ2n) is 4.23. The van der Waals surface area contributed by atoms with Crippen LogP contribution in [0.1, 0.15) is 19.4 Å². The number of hydrogen-bond donors (Lipinski definition) is 1. The van der Waals surface area contributed by atoms with Crippen LogP contribution in [0.2, 0.25) is 5.02 Å². The molecule has 0 heterocycles. The van der Waals surface area contributed by atoms with Gasteiger partial charge in [0.2, 0.25) is 0 Å². The normalized spacial score (nSPS) is 12.1. The molecule has 1 rings (SSSR count). The Bertz CT molecular complexity index is 485. The first-order valence-electron chi connectivity index (χ1n) is 5.22. The van der Waals surface area contributed by atoms with Gasteiger partial charge in [-0.3, -0.25) is 4.84 Å². The number of hydrogen-bond acceptors (Lipinski definition) is 3. The highest BCUT2D eigenvalue weighted by Gasteiger charge is 2.18. The van der Waals surface area contributed by atoms with Gasteiger partial charge in [-0.05, 0) is 30.5 Å². The summed E-state index contributed by atoms with van der Waals surface area (Å²) in [5, 5.41) is 0.186. The van der Waals surface area contributed by atoms with E-state index in [0.717, 1.165) is 5.56 Å². The Balaban J connectivity index is 2.83. The van der Waals surface area contributed by atoms with Crippen LogP contribution in [0.5, 0.6) is 0 Å². The highest BCUT2D eigenvalue weighted by molar-refractivity contribution is 7.89. The zero-order valence-corrected chi connectivity index (χ0v) is 11.6. The van der Waals surface area contributed by atoms with Crippen molar-refractivity contribution in [3.05, 3.63) is 28.8 Å². The molecule has 0 atom stereocenters. The van der Waals surface area contributed by atoms with E-state index in [1.807, 2.05) is 20.8 Å². The molecule has 1 aromatic carbocycles. The standard InChI is InChI=1S/C11H16ClNO3S/c1-8(2)7-16-13-17(14,15)11-5-4-9(3)6-10(11)12/h4-6,8,13H,7H2,1-3H3. The number of aryl methyl sites for hydroxylation is 1. The minimum atomic E-state index is -3.71. The summed E-state index contributed by atoms with van der Waals surface area (Å²) in [6.45, 7) is 5.99. The maximum Gasteiger partial charge on any atom is 0.263 e.